The lowest BCUT2D eigenvalue weighted by molar-refractivity contribution is 0.0162. The predicted octanol–water partition coefficient (Wildman–Crippen LogP) is 3.34. The number of hydrogen-bond acceptors (Lipinski definition) is 3. The second-order valence-corrected chi connectivity index (χ2v) is 9.53. The zero-order valence-corrected chi connectivity index (χ0v) is 15.6. The molecule has 3 nitrogen and oxygen atoms in total. The van der Waals surface area contributed by atoms with Crippen LogP contribution >= 0.6 is 0 Å². The van der Waals surface area contributed by atoms with E-state index in [4.69, 9.17) is 0 Å². The Labute approximate surface area is 147 Å². The van der Waals surface area contributed by atoms with Gasteiger partial charge in [-0.2, -0.15) is 0 Å². The van der Waals surface area contributed by atoms with Gasteiger partial charge in [-0.25, -0.2) is 0 Å². The van der Waals surface area contributed by atoms with Crippen molar-refractivity contribution in [2.45, 2.75) is 51.7 Å². The summed E-state index contributed by atoms with van der Waals surface area (Å²) in [7, 11) is -1.21. The van der Waals surface area contributed by atoms with E-state index < -0.39 is 16.4 Å². The number of rotatable bonds is 5. The third-order valence-corrected chi connectivity index (χ3v) is 7.93. The molecule has 0 unspecified atom stereocenters. The Balaban J connectivity index is 1.74. The Hall–Kier alpha value is -0.970. The lowest BCUT2D eigenvalue weighted by Crippen LogP contribution is -2.43. The largest absolute Gasteiger partial charge is 0.392 e. The average Bonchev–Trinajstić information content (AvgIpc) is 2.88. The van der Waals surface area contributed by atoms with Gasteiger partial charge < -0.3 is 10.2 Å². The Morgan fingerprint density at radius 3 is 2.54 bits per heavy atom. The van der Waals surface area contributed by atoms with Crippen molar-refractivity contribution in [3.63, 3.8) is 0 Å². The molecule has 2 N–H and O–H groups in total. The van der Waals surface area contributed by atoms with E-state index in [2.05, 4.69) is 13.8 Å². The number of fused-ring (bicyclic) bond motifs is 2. The van der Waals surface area contributed by atoms with Crippen LogP contribution in [0.4, 0.5) is 0 Å². The van der Waals surface area contributed by atoms with Gasteiger partial charge in [-0.15, -0.1) is 0 Å². The molecule has 5 atom stereocenters. The topological polar surface area (TPSA) is 57.5 Å². The van der Waals surface area contributed by atoms with Gasteiger partial charge in [-0.1, -0.05) is 44.2 Å². The molecule has 2 bridgehead atoms. The van der Waals surface area contributed by atoms with Gasteiger partial charge >= 0.3 is 0 Å². The van der Waals surface area contributed by atoms with Gasteiger partial charge in [-0.3, -0.25) is 4.21 Å². The van der Waals surface area contributed by atoms with Crippen LogP contribution in [0.3, 0.4) is 0 Å². The van der Waals surface area contributed by atoms with Gasteiger partial charge in [0.15, 0.2) is 0 Å². The molecule has 2 saturated carbocycles. The third kappa shape index (κ3) is 2.79. The summed E-state index contributed by atoms with van der Waals surface area (Å²) in [5.74, 6) is 1.000. The van der Waals surface area contributed by atoms with E-state index >= 15 is 0 Å². The highest BCUT2D eigenvalue weighted by atomic mass is 32.2. The van der Waals surface area contributed by atoms with Gasteiger partial charge in [-0.05, 0) is 49.2 Å². The molecule has 132 valence electrons. The lowest BCUT2D eigenvalue weighted by atomic mass is 9.70. The van der Waals surface area contributed by atoms with Crippen molar-refractivity contribution in [2.75, 3.05) is 5.75 Å². The summed E-state index contributed by atoms with van der Waals surface area (Å²) in [6.07, 6.45) is 4.15. The van der Waals surface area contributed by atoms with Crippen LogP contribution in [0.25, 0.3) is 0 Å². The predicted molar refractivity (Wildman–Crippen MR) is 97.7 cm³/mol. The quantitative estimate of drug-likeness (QED) is 0.858. The average molecular weight is 349 g/mol. The van der Waals surface area contributed by atoms with Crippen LogP contribution in [-0.4, -0.2) is 26.3 Å². The fraction of sp³-hybridized carbons (Fsp3) is 0.600. The minimum atomic E-state index is -1.21. The van der Waals surface area contributed by atoms with E-state index in [1.807, 2.05) is 30.3 Å². The molecule has 2 aliphatic carbocycles. The molecule has 3 rings (SSSR count). The minimum absolute atomic E-state index is 0.0257. The number of aliphatic hydroxyl groups excluding tert-OH is 1. The maximum absolute atomic E-state index is 12.7. The normalized spacial score (nSPS) is 35.2. The van der Waals surface area contributed by atoms with Crippen LogP contribution in [0.2, 0.25) is 0 Å². The molecule has 2 fully saturated rings. The van der Waals surface area contributed by atoms with E-state index in [9.17, 15) is 14.4 Å². The monoisotopic (exact) mass is 348 g/mol. The smallest absolute Gasteiger partial charge is 0.106 e. The number of aliphatic hydroxyl groups is 2. The maximum atomic E-state index is 12.7. The minimum Gasteiger partial charge on any atom is -0.392 e. The second-order valence-electron chi connectivity index (χ2n) is 8.21. The Morgan fingerprint density at radius 1 is 1.33 bits per heavy atom. The van der Waals surface area contributed by atoms with Crippen LogP contribution < -0.4 is 0 Å². The molecule has 0 aliphatic heterocycles. The number of hydrogen-bond donors (Lipinski definition) is 2. The highest BCUT2D eigenvalue weighted by Gasteiger charge is 2.63. The third-order valence-electron chi connectivity index (χ3n) is 6.69. The van der Waals surface area contributed by atoms with E-state index in [0.717, 1.165) is 24.8 Å². The van der Waals surface area contributed by atoms with Gasteiger partial charge in [0.05, 0.1) is 6.10 Å². The molecule has 4 heteroatoms. The first kappa shape index (κ1) is 17.8. The standard InChI is InChI=1S/C20H28O3S/c1-18(2)16-9-10-20(18,17(21)13-16)14-24(23)12-11-19(3,22)15-7-5-4-6-8-15/h4-8,11-12,16-17,21-22H,9-10,13-14H2,1-3H3/b12-11+/t16-,17-,19-,20-,24+/m1/s1. The van der Waals surface area contributed by atoms with Crippen molar-refractivity contribution in [3.8, 4) is 0 Å². The summed E-state index contributed by atoms with van der Waals surface area (Å²) >= 11 is 0. The van der Waals surface area contributed by atoms with E-state index in [0.29, 0.717) is 11.7 Å². The van der Waals surface area contributed by atoms with Crippen molar-refractivity contribution in [3.05, 3.63) is 47.4 Å². The van der Waals surface area contributed by atoms with E-state index in [1.54, 1.807) is 18.4 Å². The molecule has 0 amide bonds. The summed E-state index contributed by atoms with van der Waals surface area (Å²) in [4.78, 5) is 0. The summed E-state index contributed by atoms with van der Waals surface area (Å²) in [6.45, 7) is 6.12. The molecule has 0 saturated heterocycles. The molecule has 1 aromatic rings. The molecule has 2 aliphatic rings. The van der Waals surface area contributed by atoms with Crippen LogP contribution in [0.5, 0.6) is 0 Å². The first-order valence-corrected chi connectivity index (χ1v) is 10.1. The fourth-order valence-corrected chi connectivity index (χ4v) is 6.49. The molecular weight excluding hydrogens is 320 g/mol. The molecule has 0 aromatic heterocycles. The number of benzene rings is 1. The second kappa shape index (κ2) is 6.08. The molecule has 0 radical (unpaired) electrons. The molecular formula is C20H28O3S. The van der Waals surface area contributed by atoms with Gasteiger partial charge in [0.2, 0.25) is 0 Å². The zero-order valence-electron chi connectivity index (χ0n) is 14.7. The summed E-state index contributed by atoms with van der Waals surface area (Å²) < 4.78 is 12.7. The van der Waals surface area contributed by atoms with Crippen molar-refractivity contribution in [1.29, 1.82) is 0 Å². The van der Waals surface area contributed by atoms with E-state index in [1.165, 1.54) is 0 Å². The molecule has 24 heavy (non-hydrogen) atoms. The van der Waals surface area contributed by atoms with Crippen molar-refractivity contribution in [2.24, 2.45) is 16.7 Å². The highest BCUT2D eigenvalue weighted by molar-refractivity contribution is 7.88. The zero-order chi connectivity index (χ0) is 17.6. The van der Waals surface area contributed by atoms with Crippen molar-refractivity contribution < 1.29 is 14.4 Å². The van der Waals surface area contributed by atoms with Gasteiger partial charge in [0, 0.05) is 27.4 Å². The van der Waals surface area contributed by atoms with Gasteiger partial charge in [0.25, 0.3) is 0 Å². The Morgan fingerprint density at radius 2 is 2.00 bits per heavy atom. The Bertz CT molecular complexity index is 650. The lowest BCUT2D eigenvalue weighted by Gasteiger charge is -2.40. The van der Waals surface area contributed by atoms with Crippen molar-refractivity contribution in [1.82, 2.24) is 0 Å². The first-order valence-electron chi connectivity index (χ1n) is 8.71. The SMILES string of the molecule is CC1(C)[C@@H]2CC[C@@]1(C[S@@](=O)/C=C/[C@@](C)(O)c1ccccc1)[C@H](O)C2. The first-order chi connectivity index (χ1) is 11.2. The summed E-state index contributed by atoms with van der Waals surface area (Å²) in [6, 6.07) is 9.38. The molecule has 0 heterocycles. The molecule has 1 aromatic carbocycles. The molecule has 0 spiro atoms. The van der Waals surface area contributed by atoms with Gasteiger partial charge in [0.1, 0.15) is 5.60 Å². The highest BCUT2D eigenvalue weighted by Crippen LogP contribution is 2.65. The summed E-state index contributed by atoms with van der Waals surface area (Å²) in [5, 5.41) is 22.8. The fourth-order valence-electron chi connectivity index (χ4n) is 4.76. The van der Waals surface area contributed by atoms with Crippen LogP contribution in [0.1, 0.15) is 45.6 Å². The van der Waals surface area contributed by atoms with Crippen LogP contribution in [0, 0.1) is 16.7 Å². The van der Waals surface area contributed by atoms with Crippen LogP contribution in [0.15, 0.2) is 41.8 Å². The maximum Gasteiger partial charge on any atom is 0.106 e. The van der Waals surface area contributed by atoms with Crippen molar-refractivity contribution >= 4 is 10.8 Å². The van der Waals surface area contributed by atoms with E-state index in [-0.39, 0.29) is 16.9 Å². The van der Waals surface area contributed by atoms with Crippen LogP contribution in [-0.2, 0) is 16.4 Å². The Kier molecular flexibility index (Phi) is 4.52. The summed E-state index contributed by atoms with van der Waals surface area (Å²) in [5.41, 5.74) is -0.599.